The van der Waals surface area contributed by atoms with Gasteiger partial charge in [0.25, 0.3) is 5.91 Å². The maximum absolute atomic E-state index is 12.7. The van der Waals surface area contributed by atoms with Crippen molar-refractivity contribution in [2.24, 2.45) is 7.05 Å². The molecule has 4 rings (SSSR count). The van der Waals surface area contributed by atoms with E-state index in [0.717, 1.165) is 17.3 Å². The number of nitrogens with one attached hydrogen (secondary N) is 1. The molecule has 1 aromatic carbocycles. The van der Waals surface area contributed by atoms with Crippen LogP contribution in [0.2, 0.25) is 0 Å². The number of nitrogens with zero attached hydrogens (tertiary/aromatic N) is 3. The molecule has 4 atom stereocenters. The van der Waals surface area contributed by atoms with Crippen molar-refractivity contribution in [3.8, 4) is 0 Å². The quantitative estimate of drug-likeness (QED) is 0.930. The number of rotatable bonds is 4. The Bertz CT molecular complexity index is 813. The first-order chi connectivity index (χ1) is 11.9. The molecule has 0 bridgehead atoms. The van der Waals surface area contributed by atoms with Crippen molar-refractivity contribution in [2.75, 3.05) is 0 Å². The number of benzene rings is 1. The van der Waals surface area contributed by atoms with Gasteiger partial charge < -0.3 is 5.32 Å². The average Bonchev–Trinajstić information content (AvgIpc) is 3.00. The zero-order chi connectivity index (χ0) is 17.8. The third-order valence-corrected chi connectivity index (χ3v) is 6.24. The smallest absolute Gasteiger partial charge is 0.272 e. The molecule has 0 spiro atoms. The van der Waals surface area contributed by atoms with Crippen molar-refractivity contribution in [3.05, 3.63) is 30.0 Å². The van der Waals surface area contributed by atoms with Gasteiger partial charge in [0.2, 0.25) is 0 Å². The van der Waals surface area contributed by atoms with Gasteiger partial charge in [0.15, 0.2) is 5.69 Å². The lowest BCUT2D eigenvalue weighted by atomic mass is 9.78. The van der Waals surface area contributed by atoms with E-state index < -0.39 is 0 Å². The molecule has 0 radical (unpaired) electrons. The molecule has 2 aromatic rings. The number of aryl methyl sites for hydroxylation is 1. The second-order valence-electron chi connectivity index (χ2n) is 8.25. The second kappa shape index (κ2) is 5.84. The van der Waals surface area contributed by atoms with Crippen molar-refractivity contribution in [1.82, 2.24) is 20.0 Å². The first kappa shape index (κ1) is 16.6. The lowest BCUT2D eigenvalue weighted by Crippen LogP contribution is -2.63. The molecule has 3 heterocycles. The predicted molar refractivity (Wildman–Crippen MR) is 99.6 cm³/mol. The van der Waals surface area contributed by atoms with Crippen LogP contribution < -0.4 is 5.32 Å². The van der Waals surface area contributed by atoms with Crippen LogP contribution in [-0.4, -0.2) is 44.3 Å². The van der Waals surface area contributed by atoms with Crippen molar-refractivity contribution < 1.29 is 4.79 Å². The Morgan fingerprint density at radius 2 is 2.20 bits per heavy atom. The first-order valence-corrected chi connectivity index (χ1v) is 9.40. The molecule has 2 fully saturated rings. The zero-order valence-corrected chi connectivity index (χ0v) is 15.6. The summed E-state index contributed by atoms with van der Waals surface area (Å²) in [4.78, 5) is 15.4. The molecular weight excluding hydrogens is 312 g/mol. The summed E-state index contributed by atoms with van der Waals surface area (Å²) in [5.74, 6) is -0.0687. The number of carbonyl (C=O) groups is 1. The topological polar surface area (TPSA) is 50.2 Å². The Labute approximate surface area is 149 Å². The van der Waals surface area contributed by atoms with Crippen LogP contribution >= 0.6 is 0 Å². The van der Waals surface area contributed by atoms with Crippen LogP contribution in [0.15, 0.2) is 24.3 Å². The number of fused-ring (bicyclic) bond motifs is 2. The van der Waals surface area contributed by atoms with E-state index in [4.69, 9.17) is 0 Å². The van der Waals surface area contributed by atoms with Gasteiger partial charge in [-0.15, -0.1) is 0 Å². The van der Waals surface area contributed by atoms with Gasteiger partial charge in [0, 0.05) is 36.1 Å². The zero-order valence-electron chi connectivity index (χ0n) is 15.6. The molecule has 5 heteroatoms. The summed E-state index contributed by atoms with van der Waals surface area (Å²) in [6.45, 7) is 6.83. The van der Waals surface area contributed by atoms with Gasteiger partial charge in [0.05, 0.1) is 5.52 Å². The van der Waals surface area contributed by atoms with Crippen LogP contribution in [0, 0.1) is 0 Å². The second-order valence-corrected chi connectivity index (χ2v) is 8.25. The molecule has 2 aliphatic heterocycles. The van der Waals surface area contributed by atoms with E-state index in [0.29, 0.717) is 23.3 Å². The number of amides is 1. The van der Waals surface area contributed by atoms with Crippen molar-refractivity contribution >= 4 is 16.8 Å². The summed E-state index contributed by atoms with van der Waals surface area (Å²) in [5, 5.41) is 8.51. The van der Waals surface area contributed by atoms with E-state index in [1.54, 1.807) is 4.68 Å². The fraction of sp³-hybridized carbons (Fsp3) is 0.600. The van der Waals surface area contributed by atoms with Gasteiger partial charge in [-0.25, -0.2) is 0 Å². The van der Waals surface area contributed by atoms with Gasteiger partial charge in [-0.3, -0.25) is 14.4 Å². The molecule has 2 aliphatic rings. The molecule has 134 valence electrons. The maximum atomic E-state index is 12.7. The highest BCUT2D eigenvalue weighted by Gasteiger charge is 2.53. The van der Waals surface area contributed by atoms with E-state index in [9.17, 15) is 4.79 Å². The number of para-hydroxylation sites is 1. The maximum Gasteiger partial charge on any atom is 0.272 e. The number of hydrogen-bond acceptors (Lipinski definition) is 3. The molecule has 0 aliphatic carbocycles. The number of hydrogen-bond donors (Lipinski definition) is 1. The standard InChI is InChI=1S/C20H28N4O/c1-13(11-15-12-20(3)10-9-14(2)24(15)20)21-19(25)18-16-7-5-6-8-17(16)23(4)22-18/h5-8,13-15H,9-12H2,1-4H3,(H,21,25). The van der Waals surface area contributed by atoms with Gasteiger partial charge >= 0.3 is 0 Å². The first-order valence-electron chi connectivity index (χ1n) is 9.40. The van der Waals surface area contributed by atoms with Crippen LogP contribution in [0.1, 0.15) is 56.9 Å². The molecular formula is C20H28N4O. The van der Waals surface area contributed by atoms with Crippen LogP contribution in [0.3, 0.4) is 0 Å². The van der Waals surface area contributed by atoms with Gasteiger partial charge in [-0.1, -0.05) is 18.2 Å². The summed E-state index contributed by atoms with van der Waals surface area (Å²) in [7, 11) is 1.88. The summed E-state index contributed by atoms with van der Waals surface area (Å²) in [5.41, 5.74) is 1.92. The molecule has 1 aromatic heterocycles. The predicted octanol–water partition coefficient (Wildman–Crippen LogP) is 3.10. The minimum Gasteiger partial charge on any atom is -0.348 e. The fourth-order valence-electron chi connectivity index (χ4n) is 5.16. The average molecular weight is 340 g/mol. The van der Waals surface area contributed by atoms with Crippen molar-refractivity contribution in [3.63, 3.8) is 0 Å². The summed E-state index contributed by atoms with van der Waals surface area (Å²) in [6.07, 6.45) is 4.87. The van der Waals surface area contributed by atoms with E-state index in [2.05, 4.69) is 36.1 Å². The third kappa shape index (κ3) is 2.65. The molecule has 5 nitrogen and oxygen atoms in total. The Morgan fingerprint density at radius 3 is 2.96 bits per heavy atom. The molecule has 4 unspecified atom stereocenters. The fourth-order valence-corrected chi connectivity index (χ4v) is 5.16. The van der Waals surface area contributed by atoms with Gasteiger partial charge in [-0.05, 0) is 52.5 Å². The largest absolute Gasteiger partial charge is 0.348 e. The normalized spacial score (nSPS) is 30.1. The number of carbonyl (C=O) groups excluding carboxylic acids is 1. The highest BCUT2D eigenvalue weighted by atomic mass is 16.2. The monoisotopic (exact) mass is 340 g/mol. The van der Waals surface area contributed by atoms with E-state index in [1.165, 1.54) is 19.3 Å². The van der Waals surface area contributed by atoms with E-state index in [-0.39, 0.29) is 11.9 Å². The highest BCUT2D eigenvalue weighted by Crippen LogP contribution is 2.49. The molecule has 0 saturated carbocycles. The summed E-state index contributed by atoms with van der Waals surface area (Å²) in [6, 6.07) is 9.30. The summed E-state index contributed by atoms with van der Waals surface area (Å²) >= 11 is 0. The highest BCUT2D eigenvalue weighted by molar-refractivity contribution is 6.04. The molecule has 1 N–H and O–H groups in total. The van der Waals surface area contributed by atoms with Crippen LogP contribution in [0.25, 0.3) is 10.9 Å². The third-order valence-electron chi connectivity index (χ3n) is 6.24. The molecule has 25 heavy (non-hydrogen) atoms. The van der Waals surface area contributed by atoms with Crippen molar-refractivity contribution in [2.45, 2.75) is 70.1 Å². The molecule has 2 saturated heterocycles. The van der Waals surface area contributed by atoms with Crippen LogP contribution in [0.5, 0.6) is 0 Å². The van der Waals surface area contributed by atoms with Crippen LogP contribution in [-0.2, 0) is 7.05 Å². The minimum atomic E-state index is -0.0687. The number of aromatic nitrogens is 2. The van der Waals surface area contributed by atoms with Gasteiger partial charge in [0.1, 0.15) is 0 Å². The Kier molecular flexibility index (Phi) is 3.87. The van der Waals surface area contributed by atoms with Crippen molar-refractivity contribution in [1.29, 1.82) is 0 Å². The van der Waals surface area contributed by atoms with Gasteiger partial charge in [-0.2, -0.15) is 5.10 Å². The lowest BCUT2D eigenvalue weighted by molar-refractivity contribution is -0.0552. The van der Waals surface area contributed by atoms with E-state index >= 15 is 0 Å². The van der Waals surface area contributed by atoms with Crippen LogP contribution in [0.4, 0.5) is 0 Å². The Balaban J connectivity index is 1.43. The molecule has 1 amide bonds. The summed E-state index contributed by atoms with van der Waals surface area (Å²) < 4.78 is 1.78. The Hall–Kier alpha value is -1.88. The Morgan fingerprint density at radius 1 is 1.44 bits per heavy atom. The van der Waals surface area contributed by atoms with E-state index in [1.807, 2.05) is 31.3 Å². The minimum absolute atomic E-state index is 0.0687. The lowest BCUT2D eigenvalue weighted by Gasteiger charge is -2.55. The SMILES string of the molecule is CC(CC1CC2(C)CCC(C)N12)NC(=O)c1nn(C)c2ccccc12.